The average molecular weight is 277 g/mol. The zero-order valence-corrected chi connectivity index (χ0v) is 11.1. The second-order valence-corrected chi connectivity index (χ2v) is 3.91. The van der Waals surface area contributed by atoms with Gasteiger partial charge in [-0.3, -0.25) is 0 Å². The maximum atomic E-state index is 11.7. The van der Waals surface area contributed by atoms with Crippen LogP contribution in [0.3, 0.4) is 0 Å². The Bertz CT molecular complexity index is 579. The van der Waals surface area contributed by atoms with Gasteiger partial charge in [-0.05, 0) is 31.2 Å². The molecule has 4 heteroatoms. The van der Waals surface area contributed by atoms with Crippen LogP contribution in [-0.2, 0) is 4.74 Å². The third-order valence-corrected chi connectivity index (χ3v) is 2.45. The summed E-state index contributed by atoms with van der Waals surface area (Å²) < 4.78 is 4.80. The number of carbonyl (C=O) groups excluding carboxylic acids is 2. The lowest BCUT2D eigenvalue weighted by molar-refractivity contribution is 0.0397. The molecule has 0 unspecified atom stereocenters. The molecular weight excluding hydrogens is 264 g/mol. The molecule has 0 N–H and O–H groups in total. The number of ether oxygens (including phenoxy) is 1. The third-order valence-electron chi connectivity index (χ3n) is 2.45. The van der Waals surface area contributed by atoms with E-state index < -0.39 is 11.9 Å². The lowest BCUT2D eigenvalue weighted by atomic mass is 10.1. The van der Waals surface area contributed by atoms with E-state index in [0.717, 1.165) is 5.56 Å². The minimum atomic E-state index is -0.637. The maximum absolute atomic E-state index is 11.7. The van der Waals surface area contributed by atoms with Gasteiger partial charge in [0.15, 0.2) is 0 Å². The summed E-state index contributed by atoms with van der Waals surface area (Å²) in [5.74, 6) is -1.27. The summed E-state index contributed by atoms with van der Waals surface area (Å²) in [4.78, 5) is 23.4. The van der Waals surface area contributed by atoms with Gasteiger partial charge in [0.2, 0.25) is 0 Å². The molecule has 2 aromatic rings. The lowest BCUT2D eigenvalue weighted by Gasteiger charge is -2.03. The Morgan fingerprint density at radius 2 is 1.42 bits per heavy atom. The summed E-state index contributed by atoms with van der Waals surface area (Å²) in [7, 11) is 0. The minimum Gasteiger partial charge on any atom is -0.386 e. The molecule has 0 aromatic heterocycles. The summed E-state index contributed by atoms with van der Waals surface area (Å²) in [6.45, 7) is 1.87. The Balaban J connectivity index is 0.00000180. The molecule has 0 heterocycles. The van der Waals surface area contributed by atoms with E-state index >= 15 is 0 Å². The van der Waals surface area contributed by atoms with Crippen molar-refractivity contribution in [2.75, 3.05) is 0 Å². The zero-order chi connectivity index (χ0) is 13.0. The molecule has 0 bridgehead atoms. The van der Waals surface area contributed by atoms with Gasteiger partial charge >= 0.3 is 11.9 Å². The van der Waals surface area contributed by atoms with Crippen LogP contribution in [-0.4, -0.2) is 11.9 Å². The molecule has 0 saturated carbocycles. The smallest absolute Gasteiger partial charge is 0.346 e. The average Bonchev–Trinajstić information content (AvgIpc) is 2.39. The number of hydrogen-bond donors (Lipinski definition) is 0. The highest BCUT2D eigenvalue weighted by Crippen LogP contribution is 2.08. The molecule has 3 nitrogen and oxygen atoms in total. The Kier molecular flexibility index (Phi) is 5.27. The largest absolute Gasteiger partial charge is 0.386 e. The van der Waals surface area contributed by atoms with Crippen LogP contribution >= 0.6 is 12.4 Å². The second kappa shape index (κ2) is 6.71. The van der Waals surface area contributed by atoms with Crippen molar-refractivity contribution in [3.8, 4) is 0 Å². The molecule has 0 aliphatic rings. The van der Waals surface area contributed by atoms with Crippen LogP contribution in [0.5, 0.6) is 0 Å². The highest BCUT2D eigenvalue weighted by Gasteiger charge is 2.14. The molecule has 2 rings (SSSR count). The molecule has 0 atom stereocenters. The summed E-state index contributed by atoms with van der Waals surface area (Å²) in [5, 5.41) is 0. The highest BCUT2D eigenvalue weighted by atomic mass is 35.5. The van der Waals surface area contributed by atoms with Crippen LogP contribution in [0.25, 0.3) is 0 Å². The summed E-state index contributed by atoms with van der Waals surface area (Å²) in [6.07, 6.45) is 0. The Morgan fingerprint density at radius 1 is 0.842 bits per heavy atom. The number of aryl methyl sites for hydroxylation is 1. The minimum absolute atomic E-state index is 0. The first-order valence-electron chi connectivity index (χ1n) is 5.55. The fraction of sp³-hybridized carbons (Fsp3) is 0.0667. The molecule has 98 valence electrons. The Labute approximate surface area is 117 Å². The number of halogens is 1. The van der Waals surface area contributed by atoms with Crippen molar-refractivity contribution in [2.45, 2.75) is 6.92 Å². The first kappa shape index (κ1) is 14.9. The van der Waals surface area contributed by atoms with Gasteiger partial charge in [0, 0.05) is 0 Å². The summed E-state index contributed by atoms with van der Waals surface area (Å²) >= 11 is 0. The van der Waals surface area contributed by atoms with Crippen molar-refractivity contribution in [2.24, 2.45) is 0 Å². The molecule has 2 aromatic carbocycles. The first-order chi connectivity index (χ1) is 8.66. The van der Waals surface area contributed by atoms with E-state index in [9.17, 15) is 9.59 Å². The molecule has 0 spiro atoms. The number of rotatable bonds is 2. The summed E-state index contributed by atoms with van der Waals surface area (Å²) in [5.41, 5.74) is 1.68. The second-order valence-electron chi connectivity index (χ2n) is 3.91. The van der Waals surface area contributed by atoms with Gasteiger partial charge in [0.05, 0.1) is 11.1 Å². The van der Waals surface area contributed by atoms with Crippen molar-refractivity contribution in [3.05, 3.63) is 71.3 Å². The number of hydrogen-bond acceptors (Lipinski definition) is 3. The van der Waals surface area contributed by atoms with E-state index in [1.165, 1.54) is 0 Å². The van der Waals surface area contributed by atoms with Gasteiger partial charge in [0.1, 0.15) is 0 Å². The quantitative estimate of drug-likeness (QED) is 0.623. The molecular formula is C15H13ClO3. The van der Waals surface area contributed by atoms with E-state index in [-0.39, 0.29) is 12.4 Å². The highest BCUT2D eigenvalue weighted by molar-refractivity contribution is 6.02. The van der Waals surface area contributed by atoms with Crippen molar-refractivity contribution in [1.82, 2.24) is 0 Å². The molecule has 0 radical (unpaired) electrons. The van der Waals surface area contributed by atoms with Crippen molar-refractivity contribution >= 4 is 24.3 Å². The SMILES string of the molecule is Cc1cccc(C(=O)OC(=O)c2ccccc2)c1.Cl. The molecule has 0 amide bonds. The molecule has 19 heavy (non-hydrogen) atoms. The predicted molar refractivity (Wildman–Crippen MR) is 74.6 cm³/mol. The summed E-state index contributed by atoms with van der Waals surface area (Å²) in [6, 6.07) is 15.3. The van der Waals surface area contributed by atoms with Gasteiger partial charge in [-0.1, -0.05) is 35.9 Å². The van der Waals surface area contributed by atoms with Crippen LogP contribution in [0.4, 0.5) is 0 Å². The molecule has 0 fully saturated rings. The van der Waals surface area contributed by atoms with Crippen molar-refractivity contribution < 1.29 is 14.3 Å². The van der Waals surface area contributed by atoms with E-state index in [0.29, 0.717) is 11.1 Å². The normalized spacial score (nSPS) is 9.32. The molecule has 0 aliphatic carbocycles. The van der Waals surface area contributed by atoms with E-state index in [1.807, 2.05) is 13.0 Å². The third kappa shape index (κ3) is 3.93. The monoisotopic (exact) mass is 276 g/mol. The maximum Gasteiger partial charge on any atom is 0.346 e. The molecule has 0 saturated heterocycles. The van der Waals surface area contributed by atoms with Gasteiger partial charge < -0.3 is 4.74 Å². The lowest BCUT2D eigenvalue weighted by Crippen LogP contribution is -2.12. The number of carbonyl (C=O) groups is 2. The Hall–Kier alpha value is -2.13. The topological polar surface area (TPSA) is 43.4 Å². The van der Waals surface area contributed by atoms with E-state index in [2.05, 4.69) is 0 Å². The fourth-order valence-electron chi connectivity index (χ4n) is 1.55. The van der Waals surface area contributed by atoms with Gasteiger partial charge in [-0.25, -0.2) is 9.59 Å². The van der Waals surface area contributed by atoms with Crippen LogP contribution < -0.4 is 0 Å². The van der Waals surface area contributed by atoms with Crippen LogP contribution in [0.15, 0.2) is 54.6 Å². The van der Waals surface area contributed by atoms with Crippen molar-refractivity contribution in [3.63, 3.8) is 0 Å². The standard InChI is InChI=1S/C15H12O3.ClH/c1-11-6-5-9-13(10-11)15(17)18-14(16)12-7-3-2-4-8-12;/h2-10H,1H3;1H. The van der Waals surface area contributed by atoms with Gasteiger partial charge in [-0.2, -0.15) is 0 Å². The fourth-order valence-corrected chi connectivity index (χ4v) is 1.55. The zero-order valence-electron chi connectivity index (χ0n) is 10.3. The Morgan fingerprint density at radius 3 is 2.05 bits per heavy atom. The molecule has 0 aliphatic heterocycles. The number of esters is 2. The van der Waals surface area contributed by atoms with Gasteiger partial charge in [-0.15, -0.1) is 12.4 Å². The van der Waals surface area contributed by atoms with E-state index in [1.54, 1.807) is 48.5 Å². The van der Waals surface area contributed by atoms with E-state index in [4.69, 9.17) is 4.74 Å². The first-order valence-corrected chi connectivity index (χ1v) is 5.55. The van der Waals surface area contributed by atoms with Crippen molar-refractivity contribution in [1.29, 1.82) is 0 Å². The number of benzene rings is 2. The van der Waals surface area contributed by atoms with Crippen LogP contribution in [0.1, 0.15) is 26.3 Å². The van der Waals surface area contributed by atoms with Gasteiger partial charge in [0.25, 0.3) is 0 Å². The van der Waals surface area contributed by atoms with Crippen LogP contribution in [0.2, 0.25) is 0 Å². The predicted octanol–water partition coefficient (Wildman–Crippen LogP) is 3.41. The van der Waals surface area contributed by atoms with Crippen LogP contribution in [0, 0.1) is 6.92 Å².